The van der Waals surface area contributed by atoms with Crippen molar-refractivity contribution in [2.45, 2.75) is 51.4 Å². The normalized spacial score (nSPS) is 10.9. The van der Waals surface area contributed by atoms with Gasteiger partial charge in [0.2, 0.25) is 0 Å². The largest absolute Gasteiger partial charge is 0.494 e. The monoisotopic (exact) mass is 500 g/mol. The number of benzene rings is 3. The summed E-state index contributed by atoms with van der Waals surface area (Å²) in [5, 5.41) is 0. The summed E-state index contributed by atoms with van der Waals surface area (Å²) in [7, 11) is 0. The van der Waals surface area contributed by atoms with E-state index >= 15 is 0 Å². The zero-order chi connectivity index (χ0) is 26.1. The molecule has 3 aromatic rings. The van der Waals surface area contributed by atoms with E-state index in [0.717, 1.165) is 42.1 Å². The lowest BCUT2D eigenvalue weighted by Gasteiger charge is -2.07. The predicted octanol–water partition coefficient (Wildman–Crippen LogP) is 8.94. The van der Waals surface area contributed by atoms with Crippen molar-refractivity contribution in [3.63, 3.8) is 0 Å². The van der Waals surface area contributed by atoms with Gasteiger partial charge in [0.25, 0.3) is 0 Å². The second kappa shape index (κ2) is 16.2. The highest BCUT2D eigenvalue weighted by atomic mass is 19.1. The maximum absolute atomic E-state index is 13.0. The van der Waals surface area contributed by atoms with E-state index in [1.807, 2.05) is 54.6 Å². The van der Waals surface area contributed by atoms with Crippen molar-refractivity contribution in [3.8, 4) is 11.5 Å². The van der Waals surface area contributed by atoms with E-state index in [4.69, 9.17) is 9.47 Å². The number of carbonyl (C=O) groups is 1. The maximum atomic E-state index is 13.0. The third-order valence-electron chi connectivity index (χ3n) is 6.13. The molecule has 0 atom stereocenters. The Morgan fingerprint density at radius 2 is 1.11 bits per heavy atom. The molecule has 4 heteroatoms. The number of allylic oxidation sites excluding steroid dienone is 1. The fourth-order valence-electron chi connectivity index (χ4n) is 3.90. The minimum absolute atomic E-state index is 0.153. The van der Waals surface area contributed by atoms with Crippen molar-refractivity contribution in [2.75, 3.05) is 13.2 Å². The van der Waals surface area contributed by atoms with Crippen molar-refractivity contribution in [3.05, 3.63) is 108 Å². The fraction of sp³-hybridized carbons (Fsp3) is 0.303. The smallest absolute Gasteiger partial charge is 0.185 e. The average Bonchev–Trinajstić information content (AvgIpc) is 2.93. The summed E-state index contributed by atoms with van der Waals surface area (Å²) in [6, 6.07) is 21.3. The Morgan fingerprint density at radius 1 is 0.649 bits per heavy atom. The molecule has 194 valence electrons. The number of halogens is 1. The first kappa shape index (κ1) is 27.9. The molecule has 0 N–H and O–H groups in total. The van der Waals surface area contributed by atoms with E-state index in [9.17, 15) is 9.18 Å². The van der Waals surface area contributed by atoms with Gasteiger partial charge in [-0.2, -0.15) is 0 Å². The van der Waals surface area contributed by atoms with Crippen LogP contribution in [-0.2, 0) is 0 Å². The van der Waals surface area contributed by atoms with Crippen molar-refractivity contribution < 1.29 is 18.7 Å². The van der Waals surface area contributed by atoms with Crippen LogP contribution in [0.1, 0.15) is 72.9 Å². The van der Waals surface area contributed by atoms with Crippen LogP contribution in [0.5, 0.6) is 11.5 Å². The van der Waals surface area contributed by atoms with Crippen LogP contribution in [0.25, 0.3) is 12.2 Å². The zero-order valence-corrected chi connectivity index (χ0v) is 21.5. The number of hydrogen-bond acceptors (Lipinski definition) is 3. The van der Waals surface area contributed by atoms with Gasteiger partial charge in [0.05, 0.1) is 13.2 Å². The molecule has 0 unspecified atom stereocenters. The topological polar surface area (TPSA) is 35.5 Å². The van der Waals surface area contributed by atoms with Gasteiger partial charge in [-0.15, -0.1) is 0 Å². The molecule has 0 amide bonds. The van der Waals surface area contributed by atoms with Gasteiger partial charge >= 0.3 is 0 Å². The number of ketones is 1. The summed E-state index contributed by atoms with van der Waals surface area (Å²) in [4.78, 5) is 12.1. The van der Waals surface area contributed by atoms with Gasteiger partial charge in [-0.05, 0) is 78.6 Å². The zero-order valence-electron chi connectivity index (χ0n) is 21.5. The lowest BCUT2D eigenvalue weighted by atomic mass is 10.1. The minimum Gasteiger partial charge on any atom is -0.494 e. The minimum atomic E-state index is -0.351. The summed E-state index contributed by atoms with van der Waals surface area (Å²) < 4.78 is 24.6. The van der Waals surface area contributed by atoms with Crippen LogP contribution in [0.2, 0.25) is 0 Å². The fourth-order valence-corrected chi connectivity index (χ4v) is 3.90. The number of hydrogen-bond donors (Lipinski definition) is 0. The number of ether oxygens (including phenoxy) is 2. The van der Waals surface area contributed by atoms with Gasteiger partial charge in [0.1, 0.15) is 17.3 Å². The highest BCUT2D eigenvalue weighted by molar-refractivity contribution is 6.06. The Bertz CT molecular complexity index is 1100. The number of rotatable bonds is 17. The average molecular weight is 501 g/mol. The Kier molecular flexibility index (Phi) is 12.2. The van der Waals surface area contributed by atoms with E-state index in [-0.39, 0.29) is 11.6 Å². The van der Waals surface area contributed by atoms with Crippen molar-refractivity contribution in [1.82, 2.24) is 0 Å². The molecule has 37 heavy (non-hydrogen) atoms. The maximum Gasteiger partial charge on any atom is 0.185 e. The van der Waals surface area contributed by atoms with E-state index in [1.165, 1.54) is 68.9 Å². The number of carbonyl (C=O) groups excluding carboxylic acids is 1. The summed E-state index contributed by atoms with van der Waals surface area (Å²) in [6.45, 7) is 5.25. The second-order valence-corrected chi connectivity index (χ2v) is 9.07. The molecule has 0 aromatic heterocycles. The Labute approximate surface area is 220 Å². The molecule has 0 saturated heterocycles. The van der Waals surface area contributed by atoms with E-state index in [0.29, 0.717) is 12.2 Å². The van der Waals surface area contributed by atoms with Crippen LogP contribution in [0.3, 0.4) is 0 Å². The summed E-state index contributed by atoms with van der Waals surface area (Å²) in [5.74, 6) is 1.26. The first-order chi connectivity index (χ1) is 18.1. The van der Waals surface area contributed by atoms with Crippen molar-refractivity contribution in [2.24, 2.45) is 0 Å². The lowest BCUT2D eigenvalue weighted by molar-refractivity contribution is 0.104. The van der Waals surface area contributed by atoms with Gasteiger partial charge in [-0.3, -0.25) is 4.79 Å². The molecule has 0 aliphatic heterocycles. The molecule has 0 saturated carbocycles. The molecule has 0 aliphatic carbocycles. The van der Waals surface area contributed by atoms with Crippen LogP contribution in [0.4, 0.5) is 4.39 Å². The van der Waals surface area contributed by atoms with Gasteiger partial charge in [-0.1, -0.05) is 81.5 Å². The van der Waals surface area contributed by atoms with Gasteiger partial charge in [0, 0.05) is 5.56 Å². The van der Waals surface area contributed by atoms with E-state index in [1.54, 1.807) is 6.08 Å². The molecule has 0 radical (unpaired) electrons. The molecule has 0 aliphatic rings. The van der Waals surface area contributed by atoms with Crippen LogP contribution >= 0.6 is 0 Å². The molecule has 0 heterocycles. The first-order valence-corrected chi connectivity index (χ1v) is 13.2. The van der Waals surface area contributed by atoms with Crippen LogP contribution in [0.15, 0.2) is 85.5 Å². The van der Waals surface area contributed by atoms with E-state index < -0.39 is 0 Å². The highest BCUT2D eigenvalue weighted by Gasteiger charge is 2.02. The van der Waals surface area contributed by atoms with Crippen molar-refractivity contribution in [1.29, 1.82) is 0 Å². The predicted molar refractivity (Wildman–Crippen MR) is 151 cm³/mol. The van der Waals surface area contributed by atoms with Crippen molar-refractivity contribution >= 4 is 17.9 Å². The molecule has 3 nitrogen and oxygen atoms in total. The molecule has 0 spiro atoms. The Hall–Kier alpha value is -3.66. The molecule has 3 rings (SSSR count). The highest BCUT2D eigenvalue weighted by Crippen LogP contribution is 2.16. The molecule has 3 aromatic carbocycles. The van der Waals surface area contributed by atoms with Crippen LogP contribution in [0, 0.1) is 5.82 Å². The van der Waals surface area contributed by atoms with Gasteiger partial charge in [-0.25, -0.2) is 4.39 Å². The summed E-state index contributed by atoms with van der Waals surface area (Å²) >= 11 is 0. The molecular formula is C33H37FO3. The molecular weight excluding hydrogens is 463 g/mol. The van der Waals surface area contributed by atoms with E-state index in [2.05, 4.69) is 6.58 Å². The second-order valence-electron chi connectivity index (χ2n) is 9.07. The SMILES string of the molecule is C=Cc1ccc(OCCCCCCCCCCOc2ccc(/C=C/C(=O)c3ccc(F)cc3)cc2)cc1. The van der Waals surface area contributed by atoms with Gasteiger partial charge < -0.3 is 9.47 Å². The van der Waals surface area contributed by atoms with Gasteiger partial charge in [0.15, 0.2) is 5.78 Å². The standard InChI is InChI=1S/C33H37FO3/c1-2-27-11-20-31(21-12-27)36-25-9-7-5-3-4-6-8-10-26-37-32-22-13-28(14-23-32)15-24-33(35)29-16-18-30(34)19-17-29/h2,11-24H,1,3-10,25-26H2/b24-15+. The molecule has 0 bridgehead atoms. The lowest BCUT2D eigenvalue weighted by Crippen LogP contribution is -1.98. The third kappa shape index (κ3) is 10.9. The third-order valence-corrected chi connectivity index (χ3v) is 6.13. The Balaban J connectivity index is 1.17. The molecule has 0 fully saturated rings. The summed E-state index contributed by atoms with van der Waals surface area (Å²) in [5.41, 5.74) is 2.49. The van der Waals surface area contributed by atoms with Crippen LogP contribution < -0.4 is 9.47 Å². The number of unbranched alkanes of at least 4 members (excludes halogenated alkanes) is 7. The summed E-state index contributed by atoms with van der Waals surface area (Å²) in [6.07, 6.45) is 14.6. The Morgan fingerprint density at radius 3 is 1.59 bits per heavy atom. The quantitative estimate of drug-likeness (QED) is 0.105. The van der Waals surface area contributed by atoms with Crippen LogP contribution in [-0.4, -0.2) is 19.0 Å². The first-order valence-electron chi connectivity index (χ1n) is 13.2.